The highest BCUT2D eigenvalue weighted by atomic mass is 16.5. The van der Waals surface area contributed by atoms with Gasteiger partial charge >= 0.3 is 0 Å². The fraction of sp³-hybridized carbons (Fsp3) is 0.417. The minimum atomic E-state index is 0.695. The van der Waals surface area contributed by atoms with Crippen LogP contribution in [0, 0.1) is 0 Å². The number of hydrogen-bond donors (Lipinski definition) is 1. The van der Waals surface area contributed by atoms with Crippen molar-refractivity contribution in [2.75, 3.05) is 13.7 Å². The van der Waals surface area contributed by atoms with Gasteiger partial charge in [0.1, 0.15) is 17.1 Å². The zero-order chi connectivity index (χ0) is 11.5. The van der Waals surface area contributed by atoms with Crippen LogP contribution in [0.1, 0.15) is 12.2 Å². The monoisotopic (exact) mass is 219 g/mol. The Kier molecular flexibility index (Phi) is 3.10. The molecule has 0 aliphatic carbocycles. The van der Waals surface area contributed by atoms with Crippen LogP contribution in [0.3, 0.4) is 0 Å². The normalized spacial score (nSPS) is 10.9. The molecule has 0 aliphatic rings. The van der Waals surface area contributed by atoms with E-state index in [0.29, 0.717) is 6.54 Å². The molecule has 86 valence electrons. The molecule has 1 aromatic carbocycles. The first-order chi connectivity index (χ1) is 7.77. The standard InChI is InChI=1S/C12H17N3O/c1-15-11(7-4-8-13)14-9-5-3-6-10(16-2)12(9)15/h3,5-6H,4,7-8,13H2,1-2H3. The van der Waals surface area contributed by atoms with Gasteiger partial charge in [0.05, 0.1) is 12.6 Å². The van der Waals surface area contributed by atoms with Gasteiger partial charge in [0, 0.05) is 13.5 Å². The average molecular weight is 219 g/mol. The van der Waals surface area contributed by atoms with E-state index >= 15 is 0 Å². The van der Waals surface area contributed by atoms with Crippen molar-refractivity contribution >= 4 is 11.0 Å². The van der Waals surface area contributed by atoms with E-state index in [-0.39, 0.29) is 0 Å². The van der Waals surface area contributed by atoms with Gasteiger partial charge in [-0.1, -0.05) is 6.07 Å². The maximum Gasteiger partial charge on any atom is 0.144 e. The topological polar surface area (TPSA) is 53.1 Å². The third kappa shape index (κ3) is 1.76. The number of imidazole rings is 1. The lowest BCUT2D eigenvalue weighted by Crippen LogP contribution is -2.04. The Hall–Kier alpha value is -1.55. The first kappa shape index (κ1) is 11.0. The molecule has 0 atom stereocenters. The maximum atomic E-state index is 5.52. The zero-order valence-electron chi connectivity index (χ0n) is 9.73. The Balaban J connectivity index is 2.50. The lowest BCUT2D eigenvalue weighted by atomic mass is 10.3. The van der Waals surface area contributed by atoms with E-state index in [1.54, 1.807) is 7.11 Å². The van der Waals surface area contributed by atoms with Crippen molar-refractivity contribution < 1.29 is 4.74 Å². The largest absolute Gasteiger partial charge is 0.494 e. The molecule has 1 heterocycles. The molecule has 0 bridgehead atoms. The molecule has 1 aromatic heterocycles. The number of hydrogen-bond acceptors (Lipinski definition) is 3. The lowest BCUT2D eigenvalue weighted by molar-refractivity contribution is 0.417. The van der Waals surface area contributed by atoms with Crippen molar-refractivity contribution in [1.82, 2.24) is 9.55 Å². The molecular weight excluding hydrogens is 202 g/mol. The second-order valence-corrected chi connectivity index (χ2v) is 3.81. The number of nitrogens with two attached hydrogens (primary N) is 1. The summed E-state index contributed by atoms with van der Waals surface area (Å²) in [5.74, 6) is 1.93. The van der Waals surface area contributed by atoms with E-state index in [9.17, 15) is 0 Å². The van der Waals surface area contributed by atoms with Gasteiger partial charge in [-0.3, -0.25) is 0 Å². The molecule has 16 heavy (non-hydrogen) atoms. The SMILES string of the molecule is COc1cccc2nc(CCCN)n(C)c12. The van der Waals surface area contributed by atoms with Gasteiger partial charge < -0.3 is 15.0 Å². The lowest BCUT2D eigenvalue weighted by Gasteiger charge is -2.04. The van der Waals surface area contributed by atoms with Crippen molar-refractivity contribution in [3.63, 3.8) is 0 Å². The van der Waals surface area contributed by atoms with E-state index in [0.717, 1.165) is 35.4 Å². The van der Waals surface area contributed by atoms with E-state index < -0.39 is 0 Å². The number of rotatable bonds is 4. The number of benzene rings is 1. The molecule has 2 aromatic rings. The Morgan fingerprint density at radius 2 is 2.25 bits per heavy atom. The van der Waals surface area contributed by atoms with Crippen LogP contribution in [0.25, 0.3) is 11.0 Å². The summed E-state index contributed by atoms with van der Waals surface area (Å²) in [5.41, 5.74) is 7.55. The number of methoxy groups -OCH3 is 1. The van der Waals surface area contributed by atoms with Crippen LogP contribution in [-0.4, -0.2) is 23.2 Å². The highest BCUT2D eigenvalue weighted by Crippen LogP contribution is 2.25. The van der Waals surface area contributed by atoms with Gasteiger partial charge in [-0.2, -0.15) is 0 Å². The molecule has 4 heteroatoms. The summed E-state index contributed by atoms with van der Waals surface area (Å²) in [4.78, 5) is 4.59. The number of ether oxygens (including phenoxy) is 1. The van der Waals surface area contributed by atoms with Crippen LogP contribution in [0.15, 0.2) is 18.2 Å². The molecule has 0 radical (unpaired) electrons. The molecular formula is C12H17N3O. The third-order valence-electron chi connectivity index (χ3n) is 2.77. The molecule has 0 amide bonds. The van der Waals surface area contributed by atoms with Crippen molar-refractivity contribution in [2.45, 2.75) is 12.8 Å². The van der Waals surface area contributed by atoms with Crippen LogP contribution in [0.2, 0.25) is 0 Å². The van der Waals surface area contributed by atoms with E-state index in [1.165, 1.54) is 0 Å². The first-order valence-electron chi connectivity index (χ1n) is 5.46. The fourth-order valence-electron chi connectivity index (χ4n) is 1.93. The van der Waals surface area contributed by atoms with Gasteiger partial charge in [0.15, 0.2) is 0 Å². The zero-order valence-corrected chi connectivity index (χ0v) is 9.73. The van der Waals surface area contributed by atoms with Gasteiger partial charge in [-0.05, 0) is 25.1 Å². The van der Waals surface area contributed by atoms with Crippen LogP contribution in [-0.2, 0) is 13.5 Å². The highest BCUT2D eigenvalue weighted by molar-refractivity contribution is 5.82. The quantitative estimate of drug-likeness (QED) is 0.847. The van der Waals surface area contributed by atoms with Crippen LogP contribution in [0.5, 0.6) is 5.75 Å². The molecule has 0 aliphatic heterocycles. The molecule has 0 spiro atoms. The molecule has 4 nitrogen and oxygen atoms in total. The summed E-state index contributed by atoms with van der Waals surface area (Å²) < 4.78 is 7.43. The smallest absolute Gasteiger partial charge is 0.144 e. The minimum Gasteiger partial charge on any atom is -0.494 e. The predicted octanol–water partition coefficient (Wildman–Crippen LogP) is 1.47. The average Bonchev–Trinajstić information content (AvgIpc) is 2.64. The summed E-state index contributed by atoms with van der Waals surface area (Å²) in [5, 5.41) is 0. The van der Waals surface area contributed by atoms with Crippen LogP contribution >= 0.6 is 0 Å². The summed E-state index contributed by atoms with van der Waals surface area (Å²) in [6, 6.07) is 5.92. The van der Waals surface area contributed by atoms with Gasteiger partial charge in [-0.25, -0.2) is 4.98 Å². The van der Waals surface area contributed by atoms with Crippen molar-refractivity contribution in [3.8, 4) is 5.75 Å². The predicted molar refractivity (Wildman–Crippen MR) is 64.6 cm³/mol. The van der Waals surface area contributed by atoms with Gasteiger partial charge in [-0.15, -0.1) is 0 Å². The van der Waals surface area contributed by atoms with E-state index in [1.807, 2.05) is 25.2 Å². The van der Waals surface area contributed by atoms with Crippen LogP contribution in [0.4, 0.5) is 0 Å². The number of aromatic nitrogens is 2. The number of aryl methyl sites for hydroxylation is 2. The summed E-state index contributed by atoms with van der Waals surface area (Å²) in [6.07, 6.45) is 1.87. The van der Waals surface area contributed by atoms with E-state index in [4.69, 9.17) is 10.5 Å². The Bertz CT molecular complexity index is 490. The molecule has 0 unspecified atom stereocenters. The fourth-order valence-corrected chi connectivity index (χ4v) is 1.93. The number of para-hydroxylation sites is 1. The second-order valence-electron chi connectivity index (χ2n) is 3.81. The van der Waals surface area contributed by atoms with E-state index in [2.05, 4.69) is 9.55 Å². The number of nitrogens with zero attached hydrogens (tertiary/aromatic N) is 2. The summed E-state index contributed by atoms with van der Waals surface area (Å²) in [7, 11) is 3.70. The van der Waals surface area contributed by atoms with Crippen molar-refractivity contribution in [2.24, 2.45) is 12.8 Å². The second kappa shape index (κ2) is 4.53. The van der Waals surface area contributed by atoms with Crippen molar-refractivity contribution in [3.05, 3.63) is 24.0 Å². The highest BCUT2D eigenvalue weighted by Gasteiger charge is 2.10. The Morgan fingerprint density at radius 1 is 1.44 bits per heavy atom. The Morgan fingerprint density at radius 3 is 2.94 bits per heavy atom. The summed E-state index contributed by atoms with van der Waals surface area (Å²) >= 11 is 0. The molecule has 2 N–H and O–H groups in total. The maximum absolute atomic E-state index is 5.52. The first-order valence-corrected chi connectivity index (χ1v) is 5.46. The molecule has 2 rings (SSSR count). The molecule has 0 saturated heterocycles. The van der Waals surface area contributed by atoms with Gasteiger partial charge in [0.25, 0.3) is 0 Å². The van der Waals surface area contributed by atoms with Gasteiger partial charge in [0.2, 0.25) is 0 Å². The third-order valence-corrected chi connectivity index (χ3v) is 2.77. The Labute approximate surface area is 95.0 Å². The number of fused-ring (bicyclic) bond motifs is 1. The molecule has 0 saturated carbocycles. The summed E-state index contributed by atoms with van der Waals surface area (Å²) in [6.45, 7) is 0.695. The molecule has 0 fully saturated rings. The van der Waals surface area contributed by atoms with Crippen molar-refractivity contribution in [1.29, 1.82) is 0 Å². The van der Waals surface area contributed by atoms with Crippen LogP contribution < -0.4 is 10.5 Å². The minimum absolute atomic E-state index is 0.695.